The van der Waals surface area contributed by atoms with E-state index in [9.17, 15) is 14.7 Å². The Morgan fingerprint density at radius 1 is 1.11 bits per heavy atom. The van der Waals surface area contributed by atoms with Crippen molar-refractivity contribution in [3.05, 3.63) is 53.0 Å². The standard InChI is InChI=1S/C21H24BrN3O3/c1-14(20(27)23-17-6-4-5-16(22)13-17)25-11-9-15(10-12-25)21(28)24-18-7-2-3-8-19(18)26/h2-8,13-15,26H,9-12H2,1H3,(H,23,27)(H,24,28). The molecular formula is C21H24BrN3O3. The van der Waals surface area contributed by atoms with Crippen LogP contribution in [0.3, 0.4) is 0 Å². The van der Waals surface area contributed by atoms with Gasteiger partial charge in [0.2, 0.25) is 11.8 Å². The number of para-hydroxylation sites is 2. The lowest BCUT2D eigenvalue weighted by Gasteiger charge is -2.34. The lowest BCUT2D eigenvalue weighted by Crippen LogP contribution is -2.47. The minimum atomic E-state index is -0.277. The Labute approximate surface area is 173 Å². The van der Waals surface area contributed by atoms with Crippen LogP contribution in [-0.4, -0.2) is 41.0 Å². The van der Waals surface area contributed by atoms with Crippen molar-refractivity contribution in [3.8, 4) is 5.75 Å². The van der Waals surface area contributed by atoms with Crippen molar-refractivity contribution in [2.24, 2.45) is 5.92 Å². The average Bonchev–Trinajstić information content (AvgIpc) is 2.69. The smallest absolute Gasteiger partial charge is 0.241 e. The number of anilines is 2. The third-order valence-electron chi connectivity index (χ3n) is 5.08. The summed E-state index contributed by atoms with van der Waals surface area (Å²) in [4.78, 5) is 27.1. The summed E-state index contributed by atoms with van der Waals surface area (Å²) in [5.74, 6) is -0.218. The molecule has 1 atom stereocenters. The Hall–Kier alpha value is -2.38. The minimum absolute atomic E-state index is 0.0600. The Balaban J connectivity index is 1.50. The topological polar surface area (TPSA) is 81.7 Å². The van der Waals surface area contributed by atoms with Crippen molar-refractivity contribution in [2.45, 2.75) is 25.8 Å². The number of hydrogen-bond acceptors (Lipinski definition) is 4. The first-order valence-corrected chi connectivity index (χ1v) is 10.1. The van der Waals surface area contributed by atoms with Gasteiger partial charge in [-0.3, -0.25) is 14.5 Å². The maximum atomic E-state index is 12.5. The predicted molar refractivity (Wildman–Crippen MR) is 113 cm³/mol. The van der Waals surface area contributed by atoms with Gasteiger partial charge in [0.05, 0.1) is 11.7 Å². The molecular weight excluding hydrogens is 422 g/mol. The molecule has 1 heterocycles. The average molecular weight is 446 g/mol. The van der Waals surface area contributed by atoms with Gasteiger partial charge in [-0.15, -0.1) is 0 Å². The van der Waals surface area contributed by atoms with Gasteiger partial charge in [-0.1, -0.05) is 34.1 Å². The number of phenols is 1. The molecule has 1 aliphatic heterocycles. The number of piperidine rings is 1. The van der Waals surface area contributed by atoms with Crippen LogP contribution in [-0.2, 0) is 9.59 Å². The third kappa shape index (κ3) is 5.11. The molecule has 0 aromatic heterocycles. The Bertz CT molecular complexity index is 850. The molecule has 0 aliphatic carbocycles. The molecule has 3 rings (SSSR count). The van der Waals surface area contributed by atoms with Crippen LogP contribution in [0, 0.1) is 5.92 Å². The Morgan fingerprint density at radius 2 is 1.82 bits per heavy atom. The predicted octanol–water partition coefficient (Wildman–Crippen LogP) is 3.83. The quantitative estimate of drug-likeness (QED) is 0.610. The van der Waals surface area contributed by atoms with Gasteiger partial charge in [0.15, 0.2) is 0 Å². The summed E-state index contributed by atoms with van der Waals surface area (Å²) in [7, 11) is 0. The number of aromatic hydroxyl groups is 1. The summed E-state index contributed by atoms with van der Waals surface area (Å²) in [6.45, 7) is 3.23. The lowest BCUT2D eigenvalue weighted by molar-refractivity contribution is -0.123. The number of nitrogens with zero attached hydrogens (tertiary/aromatic N) is 1. The number of carbonyl (C=O) groups excluding carboxylic acids is 2. The SMILES string of the molecule is CC(C(=O)Nc1cccc(Br)c1)N1CCC(C(=O)Nc2ccccc2O)CC1. The molecule has 3 N–H and O–H groups in total. The number of carbonyl (C=O) groups is 2. The van der Waals surface area contributed by atoms with Crippen LogP contribution < -0.4 is 10.6 Å². The Morgan fingerprint density at radius 3 is 2.50 bits per heavy atom. The number of hydrogen-bond donors (Lipinski definition) is 3. The molecule has 2 aromatic rings. The summed E-state index contributed by atoms with van der Waals surface area (Å²) < 4.78 is 0.911. The van der Waals surface area contributed by atoms with Gasteiger partial charge in [0, 0.05) is 16.1 Å². The Kier molecular flexibility index (Phi) is 6.70. The molecule has 2 aromatic carbocycles. The van der Waals surface area contributed by atoms with Crippen LogP contribution in [0.1, 0.15) is 19.8 Å². The first-order chi connectivity index (χ1) is 13.4. The fourth-order valence-corrected chi connectivity index (χ4v) is 3.74. The first-order valence-electron chi connectivity index (χ1n) is 9.33. The highest BCUT2D eigenvalue weighted by Gasteiger charge is 2.30. The van der Waals surface area contributed by atoms with Gasteiger partial charge in [-0.25, -0.2) is 0 Å². The van der Waals surface area contributed by atoms with E-state index in [4.69, 9.17) is 0 Å². The summed E-state index contributed by atoms with van der Waals surface area (Å²) in [5, 5.41) is 15.5. The number of amides is 2. The monoisotopic (exact) mass is 445 g/mol. The number of phenolic OH excluding ortho intramolecular Hbond substituents is 1. The summed E-state index contributed by atoms with van der Waals surface area (Å²) in [5.41, 5.74) is 1.18. The van der Waals surface area contributed by atoms with Crippen molar-refractivity contribution in [3.63, 3.8) is 0 Å². The molecule has 1 fully saturated rings. The molecule has 0 spiro atoms. The van der Waals surface area contributed by atoms with Gasteiger partial charge < -0.3 is 15.7 Å². The number of rotatable bonds is 5. The molecule has 28 heavy (non-hydrogen) atoms. The van der Waals surface area contributed by atoms with E-state index in [2.05, 4.69) is 31.5 Å². The van der Waals surface area contributed by atoms with E-state index in [-0.39, 0.29) is 29.5 Å². The van der Waals surface area contributed by atoms with Gasteiger partial charge >= 0.3 is 0 Å². The number of halogens is 1. The van der Waals surface area contributed by atoms with Crippen LogP contribution in [0.4, 0.5) is 11.4 Å². The van der Waals surface area contributed by atoms with Crippen LogP contribution >= 0.6 is 15.9 Å². The zero-order chi connectivity index (χ0) is 20.1. The largest absolute Gasteiger partial charge is 0.506 e. The maximum Gasteiger partial charge on any atom is 0.241 e. The fraction of sp³-hybridized carbons (Fsp3) is 0.333. The van der Waals surface area contributed by atoms with Gasteiger partial charge in [-0.05, 0) is 63.2 Å². The highest BCUT2D eigenvalue weighted by atomic mass is 79.9. The van der Waals surface area contributed by atoms with Crippen molar-refractivity contribution < 1.29 is 14.7 Å². The van der Waals surface area contributed by atoms with Crippen LogP contribution in [0.15, 0.2) is 53.0 Å². The van der Waals surface area contributed by atoms with Crippen LogP contribution in [0.25, 0.3) is 0 Å². The van der Waals surface area contributed by atoms with Crippen LogP contribution in [0.5, 0.6) is 5.75 Å². The number of nitrogens with one attached hydrogen (secondary N) is 2. The molecule has 6 nitrogen and oxygen atoms in total. The summed E-state index contributed by atoms with van der Waals surface area (Å²) >= 11 is 3.40. The van der Waals surface area contributed by atoms with E-state index in [1.165, 1.54) is 0 Å². The van der Waals surface area contributed by atoms with E-state index >= 15 is 0 Å². The lowest BCUT2D eigenvalue weighted by atomic mass is 9.94. The van der Waals surface area contributed by atoms with E-state index in [0.717, 1.165) is 10.2 Å². The zero-order valence-electron chi connectivity index (χ0n) is 15.7. The molecule has 0 bridgehead atoms. The van der Waals surface area contributed by atoms with E-state index in [0.29, 0.717) is 31.6 Å². The highest BCUT2D eigenvalue weighted by Crippen LogP contribution is 2.25. The van der Waals surface area contributed by atoms with Crippen molar-refractivity contribution in [1.29, 1.82) is 0 Å². The van der Waals surface area contributed by atoms with Gasteiger partial charge in [0.25, 0.3) is 0 Å². The summed E-state index contributed by atoms with van der Waals surface area (Å²) in [6, 6.07) is 13.9. The molecule has 0 saturated carbocycles. The van der Waals surface area contributed by atoms with Crippen molar-refractivity contribution >= 4 is 39.1 Å². The molecule has 7 heteroatoms. The third-order valence-corrected chi connectivity index (χ3v) is 5.57. The highest BCUT2D eigenvalue weighted by molar-refractivity contribution is 9.10. The van der Waals surface area contributed by atoms with Gasteiger partial charge in [-0.2, -0.15) is 0 Å². The van der Waals surface area contributed by atoms with E-state index in [1.54, 1.807) is 24.3 Å². The maximum absolute atomic E-state index is 12.5. The summed E-state index contributed by atoms with van der Waals surface area (Å²) in [6.07, 6.45) is 1.35. The molecule has 2 amide bonds. The number of benzene rings is 2. The van der Waals surface area contributed by atoms with Crippen LogP contribution in [0.2, 0.25) is 0 Å². The van der Waals surface area contributed by atoms with E-state index in [1.807, 2.05) is 31.2 Å². The number of likely N-dealkylation sites (tertiary alicyclic amines) is 1. The van der Waals surface area contributed by atoms with Crippen molar-refractivity contribution in [1.82, 2.24) is 4.90 Å². The molecule has 1 aliphatic rings. The van der Waals surface area contributed by atoms with E-state index < -0.39 is 0 Å². The first kappa shape index (κ1) is 20.4. The molecule has 1 saturated heterocycles. The molecule has 148 valence electrons. The van der Waals surface area contributed by atoms with Crippen molar-refractivity contribution in [2.75, 3.05) is 23.7 Å². The normalized spacial score (nSPS) is 16.4. The second-order valence-corrected chi connectivity index (χ2v) is 7.91. The second-order valence-electron chi connectivity index (χ2n) is 6.99. The van der Waals surface area contributed by atoms with Gasteiger partial charge in [0.1, 0.15) is 5.75 Å². The zero-order valence-corrected chi connectivity index (χ0v) is 17.3. The molecule has 1 unspecified atom stereocenters. The molecule has 0 radical (unpaired) electrons. The second kappa shape index (κ2) is 9.21. The minimum Gasteiger partial charge on any atom is -0.506 e. The fourth-order valence-electron chi connectivity index (χ4n) is 3.34.